The van der Waals surface area contributed by atoms with Crippen molar-refractivity contribution in [2.45, 2.75) is 17.2 Å². The molecule has 0 atom stereocenters. The molecule has 0 saturated carbocycles. The van der Waals surface area contributed by atoms with Crippen LogP contribution in [0.25, 0.3) is 22.4 Å². The first-order valence-electron chi connectivity index (χ1n) is 9.22. The van der Waals surface area contributed by atoms with Gasteiger partial charge in [-0.2, -0.15) is 26.3 Å². The number of nitrogens with zero attached hydrogens (tertiary/aromatic N) is 3. The van der Waals surface area contributed by atoms with Gasteiger partial charge in [-0.15, -0.1) is 0 Å². The number of carbonyl (C=O) groups excluding carboxylic acids is 1. The van der Waals surface area contributed by atoms with Crippen molar-refractivity contribution >= 4 is 33.2 Å². The minimum atomic E-state index is -5.57. The Hall–Kier alpha value is -3.23. The molecule has 1 aromatic heterocycles. The summed E-state index contributed by atoms with van der Waals surface area (Å²) in [5.41, 5.74) is -1.77. The van der Waals surface area contributed by atoms with E-state index in [1.807, 2.05) is 0 Å². The molecule has 0 bridgehead atoms. The van der Waals surface area contributed by atoms with Gasteiger partial charge in [0, 0.05) is 16.8 Å². The summed E-state index contributed by atoms with van der Waals surface area (Å²) in [4.78, 5) is 17.9. The summed E-state index contributed by atoms with van der Waals surface area (Å²) < 4.78 is 105. The first-order valence-corrected chi connectivity index (χ1v) is 11.5. The number of anilines is 1. The van der Waals surface area contributed by atoms with Crippen LogP contribution in [-0.4, -0.2) is 36.7 Å². The van der Waals surface area contributed by atoms with E-state index in [0.29, 0.717) is 0 Å². The molecule has 1 heterocycles. The van der Waals surface area contributed by atoms with Gasteiger partial charge in [-0.05, 0) is 23.8 Å². The molecule has 0 saturated heterocycles. The van der Waals surface area contributed by atoms with Crippen molar-refractivity contribution in [1.29, 1.82) is 0 Å². The molecule has 186 valence electrons. The number of hydrogen-bond donors (Lipinski definition) is 1. The van der Waals surface area contributed by atoms with E-state index in [4.69, 9.17) is 17.4 Å². The largest absolute Gasteiger partial charge is 0.473 e. The zero-order valence-electron chi connectivity index (χ0n) is 17.3. The second kappa shape index (κ2) is 9.09. The van der Waals surface area contributed by atoms with Crippen LogP contribution in [0, 0.1) is 0 Å². The summed E-state index contributed by atoms with van der Waals surface area (Å²) in [5.74, 6) is -0.587. The Balaban J connectivity index is 2.54. The van der Waals surface area contributed by atoms with Crippen LogP contribution in [0.1, 0.15) is 5.82 Å². The second-order valence-electron chi connectivity index (χ2n) is 7.04. The molecule has 0 unspecified atom stereocenters. The number of hydrogen-bond acceptors (Lipinski definition) is 6. The number of rotatable bonds is 4. The predicted octanol–water partition coefficient (Wildman–Crippen LogP) is 4.66. The molecule has 1 amide bonds. The number of aromatic nitrogens is 2. The van der Waals surface area contributed by atoms with Gasteiger partial charge in [-0.1, -0.05) is 41.9 Å². The molecule has 3 rings (SSSR count). The molecular weight excluding hydrogens is 526 g/mol. The summed E-state index contributed by atoms with van der Waals surface area (Å²) in [7, 11) is -4.06. The van der Waals surface area contributed by atoms with Gasteiger partial charge in [-0.3, -0.25) is 4.79 Å². The maximum absolute atomic E-state index is 13.7. The van der Waals surface area contributed by atoms with Crippen molar-refractivity contribution < 1.29 is 39.6 Å². The third kappa shape index (κ3) is 5.55. The number of amides is 1. The molecule has 35 heavy (non-hydrogen) atoms. The fourth-order valence-corrected chi connectivity index (χ4v) is 4.06. The van der Waals surface area contributed by atoms with E-state index >= 15 is 0 Å². The molecule has 0 aliphatic carbocycles. The third-order valence-corrected chi connectivity index (χ3v) is 5.91. The number of sulfone groups is 1. The summed E-state index contributed by atoms with van der Waals surface area (Å²) in [6, 6.07) is 9.68. The monoisotopic (exact) mass is 538 g/mol. The second-order valence-corrected chi connectivity index (χ2v) is 9.46. The quantitative estimate of drug-likeness (QED) is 0.224. The molecule has 3 aromatic rings. The Morgan fingerprint density at radius 3 is 2.06 bits per heavy atom. The van der Waals surface area contributed by atoms with Crippen LogP contribution < -0.4 is 10.9 Å². The Kier molecular flexibility index (Phi) is 6.85. The number of nitrogens with two attached hydrogens (primary N) is 1. The van der Waals surface area contributed by atoms with Gasteiger partial charge >= 0.3 is 18.3 Å². The Morgan fingerprint density at radius 1 is 0.971 bits per heavy atom. The van der Waals surface area contributed by atoms with E-state index < -0.39 is 60.9 Å². The van der Waals surface area contributed by atoms with Crippen molar-refractivity contribution in [3.8, 4) is 22.4 Å². The smallest absolute Gasteiger partial charge is 0.262 e. The average Bonchev–Trinajstić information content (AvgIpc) is 2.76. The average molecular weight is 539 g/mol. The number of alkyl halides is 6. The van der Waals surface area contributed by atoms with E-state index in [1.165, 1.54) is 36.4 Å². The lowest BCUT2D eigenvalue weighted by Crippen LogP contribution is -2.47. The Bertz CT molecular complexity index is 1390. The molecule has 2 aromatic carbocycles. The number of carbonyl (C=O) groups is 1. The number of halogens is 7. The van der Waals surface area contributed by atoms with E-state index in [9.17, 15) is 39.6 Å². The molecular formula is C20H13ClF6N4O3S. The van der Waals surface area contributed by atoms with Gasteiger partial charge in [0.2, 0.25) is 5.82 Å². The lowest BCUT2D eigenvalue weighted by molar-refractivity contribution is -0.170. The molecule has 15 heteroatoms. The standard InChI is InChI=1S/C20H13ClF6N4O3S/c1-35(33,34)13-5-3-2-4-12(13)15-14(10-6-8-11(21)9-7-10)16(30-17(29-15)19(22,23)24)31(28)18(32)20(25,26)27/h2-9H,28H2,1H3. The fraction of sp³-hybridized carbons (Fsp3) is 0.150. The first kappa shape index (κ1) is 26.4. The highest BCUT2D eigenvalue weighted by molar-refractivity contribution is 7.90. The van der Waals surface area contributed by atoms with Gasteiger partial charge in [0.15, 0.2) is 15.7 Å². The van der Waals surface area contributed by atoms with Crippen molar-refractivity contribution in [1.82, 2.24) is 9.97 Å². The van der Waals surface area contributed by atoms with Crippen LogP contribution in [0.3, 0.4) is 0 Å². The van der Waals surface area contributed by atoms with E-state index in [1.54, 1.807) is 0 Å². The van der Waals surface area contributed by atoms with Crippen LogP contribution in [0.2, 0.25) is 5.02 Å². The first-order chi connectivity index (χ1) is 16.0. The van der Waals surface area contributed by atoms with Crippen molar-refractivity contribution in [3.05, 3.63) is 59.4 Å². The molecule has 0 radical (unpaired) electrons. The van der Waals surface area contributed by atoms with E-state index in [2.05, 4.69) is 9.97 Å². The van der Waals surface area contributed by atoms with Crippen LogP contribution in [0.15, 0.2) is 53.4 Å². The van der Waals surface area contributed by atoms with Crippen LogP contribution in [-0.2, 0) is 20.8 Å². The Morgan fingerprint density at radius 2 is 1.54 bits per heavy atom. The number of hydrazine groups is 1. The summed E-state index contributed by atoms with van der Waals surface area (Å²) in [6.45, 7) is 0. The van der Waals surface area contributed by atoms with Gasteiger partial charge in [0.1, 0.15) is 0 Å². The minimum Gasteiger partial charge on any atom is -0.262 e. The third-order valence-electron chi connectivity index (χ3n) is 4.51. The van der Waals surface area contributed by atoms with E-state index in [0.717, 1.165) is 18.4 Å². The van der Waals surface area contributed by atoms with Gasteiger partial charge in [0.05, 0.1) is 16.2 Å². The van der Waals surface area contributed by atoms with Crippen molar-refractivity contribution in [2.24, 2.45) is 5.84 Å². The molecule has 0 aliphatic rings. The zero-order valence-corrected chi connectivity index (χ0v) is 18.9. The predicted molar refractivity (Wildman–Crippen MR) is 114 cm³/mol. The van der Waals surface area contributed by atoms with E-state index in [-0.39, 0.29) is 16.1 Å². The summed E-state index contributed by atoms with van der Waals surface area (Å²) in [5, 5.41) is -0.426. The lowest BCUT2D eigenvalue weighted by Gasteiger charge is -2.23. The SMILES string of the molecule is CS(=O)(=O)c1ccccc1-c1nc(C(F)(F)F)nc(N(N)C(=O)C(F)(F)F)c1-c1ccc(Cl)cc1. The van der Waals surface area contributed by atoms with Crippen molar-refractivity contribution in [3.63, 3.8) is 0 Å². The molecule has 0 spiro atoms. The molecule has 7 nitrogen and oxygen atoms in total. The maximum Gasteiger partial charge on any atom is 0.473 e. The minimum absolute atomic E-state index is 0.0955. The molecule has 0 aliphatic heterocycles. The molecule has 0 fully saturated rings. The van der Waals surface area contributed by atoms with Crippen molar-refractivity contribution in [2.75, 3.05) is 11.3 Å². The maximum atomic E-state index is 13.7. The normalized spacial score (nSPS) is 12.5. The van der Waals surface area contributed by atoms with Gasteiger partial charge < -0.3 is 0 Å². The Labute approximate surface area is 199 Å². The highest BCUT2D eigenvalue weighted by Crippen LogP contribution is 2.42. The highest BCUT2D eigenvalue weighted by Gasteiger charge is 2.45. The van der Waals surface area contributed by atoms with Crippen LogP contribution >= 0.6 is 11.6 Å². The van der Waals surface area contributed by atoms with Crippen LogP contribution in [0.4, 0.5) is 32.2 Å². The summed E-state index contributed by atoms with van der Waals surface area (Å²) in [6.07, 6.45) is -10.1. The van der Waals surface area contributed by atoms with Gasteiger partial charge in [0.25, 0.3) is 0 Å². The highest BCUT2D eigenvalue weighted by atomic mass is 35.5. The topological polar surface area (TPSA) is 106 Å². The van der Waals surface area contributed by atoms with Crippen LogP contribution in [0.5, 0.6) is 0 Å². The summed E-state index contributed by atoms with van der Waals surface area (Å²) >= 11 is 5.84. The van der Waals surface area contributed by atoms with Gasteiger partial charge in [-0.25, -0.2) is 29.2 Å². The molecule has 2 N–H and O–H groups in total. The fourth-order valence-electron chi connectivity index (χ4n) is 3.05. The lowest BCUT2D eigenvalue weighted by atomic mass is 9.99. The zero-order chi connectivity index (χ0) is 26.3. The number of benzene rings is 2.